The number of rotatable bonds is 4. The summed E-state index contributed by atoms with van der Waals surface area (Å²) in [6, 6.07) is 1.80. The second-order valence-corrected chi connectivity index (χ2v) is 3.84. The highest BCUT2D eigenvalue weighted by atomic mass is 16.5. The van der Waals surface area contributed by atoms with Gasteiger partial charge in [-0.2, -0.15) is 0 Å². The van der Waals surface area contributed by atoms with E-state index in [4.69, 9.17) is 9.47 Å². The Morgan fingerprint density at radius 2 is 2.13 bits per heavy atom. The van der Waals surface area contributed by atoms with Gasteiger partial charge < -0.3 is 14.6 Å². The lowest BCUT2D eigenvalue weighted by Crippen LogP contribution is -2.15. The zero-order valence-electron chi connectivity index (χ0n) is 8.99. The van der Waals surface area contributed by atoms with Crippen molar-refractivity contribution in [2.24, 2.45) is 0 Å². The molecule has 1 aromatic heterocycles. The van der Waals surface area contributed by atoms with E-state index >= 15 is 0 Å². The Kier molecular flexibility index (Phi) is 2.52. The van der Waals surface area contributed by atoms with Crippen molar-refractivity contribution in [3.8, 4) is 11.6 Å². The normalized spacial score (nSPS) is 17.3. The third kappa shape index (κ3) is 1.55. The van der Waals surface area contributed by atoms with Gasteiger partial charge in [0.2, 0.25) is 5.88 Å². The molecule has 0 bridgehead atoms. The lowest BCUT2D eigenvalue weighted by atomic mass is 9.97. The molecular weight excluding hydrogens is 194 g/mol. The monoisotopic (exact) mass is 209 g/mol. The number of hydrogen-bond acceptors (Lipinski definition) is 4. The Bertz CT molecular complexity index is 339. The van der Waals surface area contributed by atoms with Crippen molar-refractivity contribution in [3.63, 3.8) is 0 Å². The maximum absolute atomic E-state index is 9.41. The highest BCUT2D eigenvalue weighted by Crippen LogP contribution is 2.53. The molecule has 2 rings (SSSR count). The van der Waals surface area contributed by atoms with Crippen molar-refractivity contribution in [1.82, 2.24) is 4.98 Å². The first kappa shape index (κ1) is 10.2. The molecule has 0 atom stereocenters. The van der Waals surface area contributed by atoms with Crippen LogP contribution >= 0.6 is 0 Å². The first-order chi connectivity index (χ1) is 7.27. The van der Waals surface area contributed by atoms with Crippen LogP contribution in [0.15, 0.2) is 12.3 Å². The number of nitrogens with zero attached hydrogens (tertiary/aromatic N) is 1. The Morgan fingerprint density at radius 3 is 2.60 bits per heavy atom. The molecule has 1 fully saturated rings. The van der Waals surface area contributed by atoms with E-state index in [1.165, 1.54) is 0 Å². The number of ether oxygens (including phenoxy) is 2. The molecule has 1 heterocycles. The molecule has 1 aliphatic rings. The van der Waals surface area contributed by atoms with Gasteiger partial charge in [-0.1, -0.05) is 0 Å². The van der Waals surface area contributed by atoms with Crippen LogP contribution < -0.4 is 9.47 Å². The summed E-state index contributed by atoms with van der Waals surface area (Å²) in [4.78, 5) is 4.15. The first-order valence-electron chi connectivity index (χ1n) is 4.96. The Labute approximate surface area is 88.9 Å². The van der Waals surface area contributed by atoms with Crippen LogP contribution in [0.3, 0.4) is 0 Å². The van der Waals surface area contributed by atoms with Crippen molar-refractivity contribution in [2.45, 2.75) is 18.3 Å². The average Bonchev–Trinajstić information content (AvgIpc) is 3.08. The molecule has 0 spiro atoms. The van der Waals surface area contributed by atoms with Gasteiger partial charge in [0, 0.05) is 11.6 Å². The smallest absolute Gasteiger partial charge is 0.220 e. The van der Waals surface area contributed by atoms with Crippen molar-refractivity contribution in [2.75, 3.05) is 20.8 Å². The standard InChI is InChI=1S/C11H15NO3/c1-14-8-3-6-12-10(15-2)9(8)11(7-13)4-5-11/h3,6,13H,4-5,7H2,1-2H3. The number of pyridine rings is 1. The van der Waals surface area contributed by atoms with E-state index in [1.54, 1.807) is 26.5 Å². The van der Waals surface area contributed by atoms with Gasteiger partial charge in [0.25, 0.3) is 0 Å². The third-order valence-electron chi connectivity index (χ3n) is 2.98. The third-order valence-corrected chi connectivity index (χ3v) is 2.98. The molecule has 82 valence electrons. The molecule has 1 N–H and O–H groups in total. The summed E-state index contributed by atoms with van der Waals surface area (Å²) in [6.07, 6.45) is 3.57. The molecule has 1 saturated carbocycles. The van der Waals surface area contributed by atoms with Crippen molar-refractivity contribution < 1.29 is 14.6 Å². The van der Waals surface area contributed by atoms with Crippen LogP contribution in [0.2, 0.25) is 0 Å². The Morgan fingerprint density at radius 1 is 1.40 bits per heavy atom. The summed E-state index contributed by atoms with van der Waals surface area (Å²) in [7, 11) is 3.20. The van der Waals surface area contributed by atoms with E-state index in [-0.39, 0.29) is 12.0 Å². The number of aromatic nitrogens is 1. The van der Waals surface area contributed by atoms with Gasteiger partial charge in [-0.15, -0.1) is 0 Å². The van der Waals surface area contributed by atoms with Gasteiger partial charge in [0.15, 0.2) is 0 Å². The summed E-state index contributed by atoms with van der Waals surface area (Å²) in [6.45, 7) is 0.116. The Hall–Kier alpha value is -1.29. The Balaban J connectivity index is 2.51. The van der Waals surface area contributed by atoms with E-state index in [0.717, 1.165) is 24.2 Å². The minimum absolute atomic E-state index is 0.116. The van der Waals surface area contributed by atoms with E-state index in [2.05, 4.69) is 4.98 Å². The van der Waals surface area contributed by atoms with Gasteiger partial charge in [0.05, 0.1) is 26.4 Å². The second kappa shape index (κ2) is 3.70. The summed E-state index contributed by atoms with van der Waals surface area (Å²) in [5.74, 6) is 1.30. The van der Waals surface area contributed by atoms with Crippen LogP contribution in [0.1, 0.15) is 18.4 Å². The fourth-order valence-corrected chi connectivity index (χ4v) is 1.88. The quantitative estimate of drug-likeness (QED) is 0.807. The van der Waals surface area contributed by atoms with E-state index in [0.29, 0.717) is 5.88 Å². The molecule has 0 aliphatic heterocycles. The maximum atomic E-state index is 9.41. The van der Waals surface area contributed by atoms with Crippen LogP contribution in [0.4, 0.5) is 0 Å². The number of methoxy groups -OCH3 is 2. The summed E-state index contributed by atoms with van der Waals surface area (Å²) < 4.78 is 10.5. The SMILES string of the molecule is COc1ccnc(OC)c1C1(CO)CC1. The van der Waals surface area contributed by atoms with Crippen molar-refractivity contribution in [3.05, 3.63) is 17.8 Å². The van der Waals surface area contributed by atoms with Gasteiger partial charge in [0.1, 0.15) is 5.75 Å². The van der Waals surface area contributed by atoms with Crippen molar-refractivity contribution >= 4 is 0 Å². The molecule has 4 nitrogen and oxygen atoms in total. The largest absolute Gasteiger partial charge is 0.496 e. The highest BCUT2D eigenvalue weighted by molar-refractivity contribution is 5.49. The highest BCUT2D eigenvalue weighted by Gasteiger charge is 2.48. The van der Waals surface area contributed by atoms with Crippen LogP contribution in [0.25, 0.3) is 0 Å². The van der Waals surface area contributed by atoms with E-state index < -0.39 is 0 Å². The molecule has 0 unspecified atom stereocenters. The molecule has 0 radical (unpaired) electrons. The minimum Gasteiger partial charge on any atom is -0.496 e. The predicted molar refractivity (Wildman–Crippen MR) is 55.3 cm³/mol. The molecule has 4 heteroatoms. The van der Waals surface area contributed by atoms with Gasteiger partial charge in [-0.3, -0.25) is 0 Å². The van der Waals surface area contributed by atoms with Crippen LogP contribution in [0, 0.1) is 0 Å². The number of hydrogen-bond donors (Lipinski definition) is 1. The van der Waals surface area contributed by atoms with Crippen molar-refractivity contribution in [1.29, 1.82) is 0 Å². The average molecular weight is 209 g/mol. The fourth-order valence-electron chi connectivity index (χ4n) is 1.88. The number of aliphatic hydroxyl groups is 1. The van der Waals surface area contributed by atoms with Crippen LogP contribution in [-0.2, 0) is 5.41 Å². The molecule has 1 aliphatic carbocycles. The molecule has 0 amide bonds. The molecule has 15 heavy (non-hydrogen) atoms. The predicted octanol–water partition coefficient (Wildman–Crippen LogP) is 1.12. The molecule has 0 aromatic carbocycles. The van der Waals surface area contributed by atoms with E-state index in [1.807, 2.05) is 0 Å². The lowest BCUT2D eigenvalue weighted by molar-refractivity contribution is 0.246. The van der Waals surface area contributed by atoms with Crippen LogP contribution in [0.5, 0.6) is 11.6 Å². The maximum Gasteiger partial charge on any atom is 0.220 e. The lowest BCUT2D eigenvalue weighted by Gasteiger charge is -2.18. The zero-order valence-corrected chi connectivity index (χ0v) is 8.99. The van der Waals surface area contributed by atoms with Gasteiger partial charge in [-0.25, -0.2) is 4.98 Å². The van der Waals surface area contributed by atoms with E-state index in [9.17, 15) is 5.11 Å². The summed E-state index contributed by atoms with van der Waals surface area (Å²) in [5.41, 5.74) is 0.711. The zero-order chi connectivity index (χ0) is 10.9. The summed E-state index contributed by atoms with van der Waals surface area (Å²) in [5, 5.41) is 9.41. The minimum atomic E-state index is -0.190. The summed E-state index contributed by atoms with van der Waals surface area (Å²) >= 11 is 0. The molecule has 0 saturated heterocycles. The van der Waals surface area contributed by atoms with Gasteiger partial charge >= 0.3 is 0 Å². The topological polar surface area (TPSA) is 51.6 Å². The number of aliphatic hydroxyl groups excluding tert-OH is 1. The second-order valence-electron chi connectivity index (χ2n) is 3.84. The molecular formula is C11H15NO3. The first-order valence-corrected chi connectivity index (χ1v) is 4.96. The van der Waals surface area contributed by atoms with Crippen LogP contribution in [-0.4, -0.2) is 30.9 Å². The fraction of sp³-hybridized carbons (Fsp3) is 0.545. The van der Waals surface area contributed by atoms with Gasteiger partial charge in [-0.05, 0) is 18.9 Å². The molecule has 1 aromatic rings.